The summed E-state index contributed by atoms with van der Waals surface area (Å²) in [5.74, 6) is 1.43. The molecule has 2 N–H and O–H groups in total. The Balaban J connectivity index is 2.14. The molecule has 0 bridgehead atoms. The molecule has 0 radical (unpaired) electrons. The Morgan fingerprint density at radius 3 is 2.74 bits per heavy atom. The number of hydrogen-bond acceptors (Lipinski definition) is 5. The van der Waals surface area contributed by atoms with Crippen molar-refractivity contribution in [3.8, 4) is 22.6 Å². The van der Waals surface area contributed by atoms with E-state index in [0.29, 0.717) is 22.1 Å². The number of benzene rings is 1. The molecule has 0 atom stereocenters. The molecule has 1 heterocycles. The molecule has 3 rings (SSSR count). The van der Waals surface area contributed by atoms with Gasteiger partial charge in [0.1, 0.15) is 0 Å². The lowest BCUT2D eigenvalue weighted by Crippen LogP contribution is -2.01. The lowest BCUT2D eigenvalue weighted by molar-refractivity contribution is 0.283. The zero-order valence-corrected chi connectivity index (χ0v) is 11.1. The predicted molar refractivity (Wildman–Crippen MR) is 71.6 cm³/mol. The summed E-state index contributed by atoms with van der Waals surface area (Å²) < 4.78 is 16.1. The first-order chi connectivity index (χ1) is 9.19. The Morgan fingerprint density at radius 2 is 2.16 bits per heavy atom. The maximum absolute atomic E-state index is 6.09. The van der Waals surface area contributed by atoms with E-state index in [2.05, 4.69) is 5.16 Å². The molecule has 1 aliphatic rings. The molecule has 1 aliphatic carbocycles. The fourth-order valence-electron chi connectivity index (χ4n) is 1.85. The van der Waals surface area contributed by atoms with Crippen LogP contribution in [0.3, 0.4) is 0 Å². The zero-order valence-electron chi connectivity index (χ0n) is 10.4. The lowest BCUT2D eigenvalue weighted by atomic mass is 10.1. The molecule has 0 spiro atoms. The van der Waals surface area contributed by atoms with Crippen molar-refractivity contribution in [2.45, 2.75) is 18.9 Å². The van der Waals surface area contributed by atoms with Gasteiger partial charge in [0, 0.05) is 16.7 Å². The van der Waals surface area contributed by atoms with Crippen LogP contribution in [0.15, 0.2) is 22.9 Å². The first-order valence-electron chi connectivity index (χ1n) is 5.93. The van der Waals surface area contributed by atoms with Crippen LogP contribution in [0.4, 0.5) is 5.88 Å². The van der Waals surface area contributed by atoms with Crippen molar-refractivity contribution in [3.63, 3.8) is 0 Å². The molecule has 1 aromatic carbocycles. The van der Waals surface area contributed by atoms with Gasteiger partial charge in [0.15, 0.2) is 11.5 Å². The minimum atomic E-state index is 0.227. The lowest BCUT2D eigenvalue weighted by Gasteiger charge is -2.14. The highest BCUT2D eigenvalue weighted by Crippen LogP contribution is 2.44. The van der Waals surface area contributed by atoms with Crippen LogP contribution < -0.4 is 15.2 Å². The maximum Gasteiger partial charge on any atom is 0.230 e. The number of rotatable bonds is 4. The fraction of sp³-hybridized carbons (Fsp3) is 0.308. The molecule has 100 valence electrons. The van der Waals surface area contributed by atoms with Gasteiger partial charge < -0.3 is 19.7 Å². The van der Waals surface area contributed by atoms with Gasteiger partial charge in [-0.25, -0.2) is 0 Å². The van der Waals surface area contributed by atoms with Crippen molar-refractivity contribution in [3.05, 3.63) is 23.4 Å². The number of nitrogen functional groups attached to an aromatic ring is 1. The van der Waals surface area contributed by atoms with E-state index in [-0.39, 0.29) is 12.0 Å². The highest BCUT2D eigenvalue weighted by molar-refractivity contribution is 6.31. The smallest absolute Gasteiger partial charge is 0.230 e. The number of ether oxygens (including phenoxy) is 2. The molecular formula is C13H13ClN2O3. The monoisotopic (exact) mass is 280 g/mol. The Bertz CT molecular complexity index is 608. The second-order valence-corrected chi connectivity index (χ2v) is 4.84. The molecular weight excluding hydrogens is 268 g/mol. The summed E-state index contributed by atoms with van der Waals surface area (Å²) >= 11 is 6.09. The first-order valence-corrected chi connectivity index (χ1v) is 6.31. The standard InChI is InChI=1S/C13H13ClN2O3/c1-17-11-5-7(14)4-9(10-6-16-19-13(10)15)12(11)18-8-2-3-8/h4-6,8H,2-3,15H2,1H3. The summed E-state index contributed by atoms with van der Waals surface area (Å²) in [6.45, 7) is 0. The Labute approximate surface area is 115 Å². The summed E-state index contributed by atoms with van der Waals surface area (Å²) in [5, 5.41) is 4.22. The number of hydrogen-bond donors (Lipinski definition) is 1. The van der Waals surface area contributed by atoms with Crippen molar-refractivity contribution >= 4 is 17.5 Å². The average molecular weight is 281 g/mol. The normalized spacial score (nSPS) is 14.4. The molecule has 1 fully saturated rings. The Hall–Kier alpha value is -1.88. The molecule has 5 nitrogen and oxygen atoms in total. The molecule has 19 heavy (non-hydrogen) atoms. The third-order valence-corrected chi connectivity index (χ3v) is 3.16. The van der Waals surface area contributed by atoms with E-state index in [0.717, 1.165) is 18.4 Å². The van der Waals surface area contributed by atoms with Gasteiger partial charge in [-0.2, -0.15) is 0 Å². The summed E-state index contributed by atoms with van der Waals surface area (Å²) in [5.41, 5.74) is 7.14. The second-order valence-electron chi connectivity index (χ2n) is 4.41. The zero-order chi connectivity index (χ0) is 13.4. The van der Waals surface area contributed by atoms with E-state index in [1.54, 1.807) is 25.4 Å². The number of aromatic nitrogens is 1. The molecule has 6 heteroatoms. The van der Waals surface area contributed by atoms with Crippen LogP contribution >= 0.6 is 11.6 Å². The largest absolute Gasteiger partial charge is 0.493 e. The Morgan fingerprint density at radius 1 is 1.37 bits per heavy atom. The quantitative estimate of drug-likeness (QED) is 0.932. The molecule has 0 unspecified atom stereocenters. The third kappa shape index (κ3) is 2.33. The van der Waals surface area contributed by atoms with Crippen LogP contribution in [-0.4, -0.2) is 18.4 Å². The van der Waals surface area contributed by atoms with Crippen molar-refractivity contribution in [2.75, 3.05) is 12.8 Å². The van der Waals surface area contributed by atoms with Gasteiger partial charge in [0.2, 0.25) is 5.88 Å². The summed E-state index contributed by atoms with van der Waals surface area (Å²) in [6.07, 6.45) is 3.87. The average Bonchev–Trinajstić information content (AvgIpc) is 3.11. The molecule has 1 saturated carbocycles. The van der Waals surface area contributed by atoms with E-state index in [1.807, 2.05) is 0 Å². The van der Waals surface area contributed by atoms with Gasteiger partial charge in [-0.05, 0) is 18.9 Å². The van der Waals surface area contributed by atoms with Crippen molar-refractivity contribution in [2.24, 2.45) is 0 Å². The summed E-state index contributed by atoms with van der Waals surface area (Å²) in [6, 6.07) is 3.48. The van der Waals surface area contributed by atoms with Crippen molar-refractivity contribution < 1.29 is 14.0 Å². The SMILES string of the molecule is COc1cc(Cl)cc(-c2cnoc2N)c1OC1CC1. The van der Waals surface area contributed by atoms with Gasteiger partial charge in [-0.15, -0.1) is 0 Å². The molecule has 0 amide bonds. The van der Waals surface area contributed by atoms with Crippen LogP contribution in [0, 0.1) is 0 Å². The first kappa shape index (κ1) is 12.2. The van der Waals surface area contributed by atoms with E-state index in [1.165, 1.54) is 0 Å². The fourth-order valence-corrected chi connectivity index (χ4v) is 2.05. The molecule has 2 aromatic rings. The van der Waals surface area contributed by atoms with Gasteiger partial charge in [0.05, 0.1) is 25.0 Å². The predicted octanol–water partition coefficient (Wildman–Crippen LogP) is 3.13. The third-order valence-electron chi connectivity index (χ3n) is 2.94. The van der Waals surface area contributed by atoms with E-state index in [9.17, 15) is 0 Å². The van der Waals surface area contributed by atoms with Gasteiger partial charge in [-0.3, -0.25) is 0 Å². The second kappa shape index (κ2) is 4.66. The van der Waals surface area contributed by atoms with Crippen molar-refractivity contribution in [1.29, 1.82) is 0 Å². The van der Waals surface area contributed by atoms with Crippen LogP contribution in [0.5, 0.6) is 11.5 Å². The number of nitrogens with zero attached hydrogens (tertiary/aromatic N) is 1. The Kier molecular flexibility index (Phi) is 2.98. The van der Waals surface area contributed by atoms with E-state index in [4.69, 9.17) is 31.3 Å². The maximum atomic E-state index is 6.09. The summed E-state index contributed by atoms with van der Waals surface area (Å²) in [4.78, 5) is 0. The topological polar surface area (TPSA) is 70.5 Å². The number of halogens is 1. The van der Waals surface area contributed by atoms with Gasteiger partial charge in [-0.1, -0.05) is 16.8 Å². The highest BCUT2D eigenvalue weighted by Gasteiger charge is 2.28. The molecule has 0 saturated heterocycles. The van der Waals surface area contributed by atoms with Crippen LogP contribution in [0.25, 0.3) is 11.1 Å². The van der Waals surface area contributed by atoms with Crippen LogP contribution in [-0.2, 0) is 0 Å². The van der Waals surface area contributed by atoms with E-state index >= 15 is 0 Å². The van der Waals surface area contributed by atoms with Crippen LogP contribution in [0.2, 0.25) is 5.02 Å². The summed E-state index contributed by atoms with van der Waals surface area (Å²) in [7, 11) is 1.58. The minimum absolute atomic E-state index is 0.227. The number of methoxy groups -OCH3 is 1. The highest BCUT2D eigenvalue weighted by atomic mass is 35.5. The molecule has 0 aliphatic heterocycles. The van der Waals surface area contributed by atoms with Gasteiger partial charge >= 0.3 is 0 Å². The van der Waals surface area contributed by atoms with Crippen molar-refractivity contribution in [1.82, 2.24) is 5.16 Å². The van der Waals surface area contributed by atoms with E-state index < -0.39 is 0 Å². The minimum Gasteiger partial charge on any atom is -0.493 e. The molecule has 1 aromatic heterocycles. The van der Waals surface area contributed by atoms with Crippen LogP contribution in [0.1, 0.15) is 12.8 Å². The van der Waals surface area contributed by atoms with Gasteiger partial charge in [0.25, 0.3) is 0 Å². The number of nitrogens with two attached hydrogens (primary N) is 1. The number of anilines is 1.